The lowest BCUT2D eigenvalue weighted by atomic mass is 10.1. The van der Waals surface area contributed by atoms with E-state index >= 15 is 0 Å². The van der Waals surface area contributed by atoms with Crippen LogP contribution in [0.25, 0.3) is 11.3 Å². The normalized spacial score (nSPS) is 10.6. The van der Waals surface area contributed by atoms with Crippen LogP contribution in [0.3, 0.4) is 0 Å². The zero-order valence-electron chi connectivity index (χ0n) is 14.5. The smallest absolute Gasteiger partial charge is 0.259 e. The minimum absolute atomic E-state index is 0.0484. The molecule has 8 nitrogen and oxygen atoms in total. The molecule has 0 radical (unpaired) electrons. The Bertz CT molecular complexity index is 905. The fourth-order valence-electron chi connectivity index (χ4n) is 2.44. The summed E-state index contributed by atoms with van der Waals surface area (Å²) in [5.74, 6) is 0.361. The van der Waals surface area contributed by atoms with Crippen LogP contribution < -0.4 is 15.0 Å². The SMILES string of the molecule is COc1cc(-c2onc(N(C)C)c2C(=O)NCc2ncc[nH]2)ccc1F. The van der Waals surface area contributed by atoms with Gasteiger partial charge in [-0.3, -0.25) is 4.79 Å². The lowest BCUT2D eigenvalue weighted by molar-refractivity contribution is 0.0950. The Balaban J connectivity index is 1.97. The first kappa shape index (κ1) is 17.5. The minimum Gasteiger partial charge on any atom is -0.494 e. The summed E-state index contributed by atoms with van der Waals surface area (Å²) in [4.78, 5) is 21.4. The molecule has 0 saturated carbocycles. The molecule has 2 heterocycles. The van der Waals surface area contributed by atoms with Gasteiger partial charge in [-0.15, -0.1) is 0 Å². The number of methoxy groups -OCH3 is 1. The number of ether oxygens (including phenoxy) is 1. The van der Waals surface area contributed by atoms with E-state index in [1.807, 2.05) is 0 Å². The van der Waals surface area contributed by atoms with Crippen LogP contribution in [0.4, 0.5) is 10.2 Å². The number of nitrogens with one attached hydrogen (secondary N) is 2. The van der Waals surface area contributed by atoms with Gasteiger partial charge >= 0.3 is 0 Å². The molecule has 3 aromatic rings. The van der Waals surface area contributed by atoms with E-state index < -0.39 is 5.82 Å². The number of anilines is 1. The lowest BCUT2D eigenvalue weighted by Gasteiger charge is -2.11. The van der Waals surface area contributed by atoms with Crippen LogP contribution in [-0.4, -0.2) is 42.2 Å². The van der Waals surface area contributed by atoms with E-state index in [0.29, 0.717) is 17.2 Å². The first-order valence-electron chi connectivity index (χ1n) is 7.78. The summed E-state index contributed by atoms with van der Waals surface area (Å²) >= 11 is 0. The van der Waals surface area contributed by atoms with Gasteiger partial charge in [0.2, 0.25) is 0 Å². The minimum atomic E-state index is -0.507. The van der Waals surface area contributed by atoms with Crippen LogP contribution in [0, 0.1) is 5.82 Å². The van der Waals surface area contributed by atoms with Crippen LogP contribution in [0.2, 0.25) is 0 Å². The highest BCUT2D eigenvalue weighted by molar-refractivity contribution is 6.04. The molecule has 0 aliphatic carbocycles. The molecule has 0 fully saturated rings. The second kappa shape index (κ2) is 7.26. The van der Waals surface area contributed by atoms with Crippen molar-refractivity contribution in [2.45, 2.75) is 6.54 Å². The van der Waals surface area contributed by atoms with Crippen molar-refractivity contribution in [1.29, 1.82) is 0 Å². The summed E-state index contributed by atoms with van der Waals surface area (Å²) in [7, 11) is 4.86. The van der Waals surface area contributed by atoms with Crippen molar-refractivity contribution in [1.82, 2.24) is 20.4 Å². The number of rotatable bonds is 6. The predicted octanol–water partition coefficient (Wildman–Crippen LogP) is 2.21. The first-order valence-corrected chi connectivity index (χ1v) is 7.78. The number of hydrogen-bond donors (Lipinski definition) is 2. The Morgan fingerprint density at radius 2 is 2.23 bits per heavy atom. The van der Waals surface area contributed by atoms with Crippen molar-refractivity contribution in [2.24, 2.45) is 0 Å². The average Bonchev–Trinajstić information content (AvgIpc) is 3.29. The van der Waals surface area contributed by atoms with Crippen molar-refractivity contribution in [3.63, 3.8) is 0 Å². The van der Waals surface area contributed by atoms with Gasteiger partial charge in [0, 0.05) is 32.1 Å². The van der Waals surface area contributed by atoms with Gasteiger partial charge in [0.1, 0.15) is 11.4 Å². The molecule has 0 atom stereocenters. The van der Waals surface area contributed by atoms with Gasteiger partial charge in [-0.05, 0) is 18.2 Å². The Morgan fingerprint density at radius 1 is 1.42 bits per heavy atom. The van der Waals surface area contributed by atoms with Crippen molar-refractivity contribution in [2.75, 3.05) is 26.1 Å². The number of benzene rings is 1. The number of nitrogens with zero attached hydrogens (tertiary/aromatic N) is 3. The lowest BCUT2D eigenvalue weighted by Crippen LogP contribution is -2.25. The summed E-state index contributed by atoms with van der Waals surface area (Å²) in [6, 6.07) is 4.20. The molecule has 0 aliphatic heterocycles. The maximum atomic E-state index is 13.7. The first-order chi connectivity index (χ1) is 12.5. The molecule has 136 valence electrons. The zero-order valence-corrected chi connectivity index (χ0v) is 14.5. The molecule has 0 spiro atoms. The number of halogens is 1. The molecule has 0 bridgehead atoms. The van der Waals surface area contributed by atoms with Gasteiger partial charge in [-0.25, -0.2) is 9.37 Å². The Morgan fingerprint density at radius 3 is 2.88 bits per heavy atom. The maximum Gasteiger partial charge on any atom is 0.259 e. The summed E-state index contributed by atoms with van der Waals surface area (Å²) in [5.41, 5.74) is 0.724. The molecule has 26 heavy (non-hydrogen) atoms. The summed E-state index contributed by atoms with van der Waals surface area (Å²) < 4.78 is 24.1. The van der Waals surface area contributed by atoms with Crippen molar-refractivity contribution in [3.8, 4) is 17.1 Å². The third-order valence-electron chi connectivity index (χ3n) is 3.71. The van der Waals surface area contributed by atoms with Crippen molar-refractivity contribution >= 4 is 11.7 Å². The molecule has 0 unspecified atom stereocenters. The van der Waals surface area contributed by atoms with Gasteiger partial charge in [0.25, 0.3) is 5.91 Å². The molecule has 1 aromatic carbocycles. The fourth-order valence-corrected chi connectivity index (χ4v) is 2.44. The third kappa shape index (κ3) is 3.37. The molecule has 0 saturated heterocycles. The largest absolute Gasteiger partial charge is 0.494 e. The van der Waals surface area contributed by atoms with Gasteiger partial charge in [0.15, 0.2) is 23.1 Å². The third-order valence-corrected chi connectivity index (χ3v) is 3.71. The van der Waals surface area contributed by atoms with Crippen molar-refractivity contribution in [3.05, 3.63) is 47.8 Å². The van der Waals surface area contributed by atoms with Crippen LogP contribution >= 0.6 is 0 Å². The van der Waals surface area contributed by atoms with Gasteiger partial charge in [0.05, 0.1) is 13.7 Å². The van der Waals surface area contributed by atoms with Crippen molar-refractivity contribution < 1.29 is 18.4 Å². The number of carbonyl (C=O) groups is 1. The van der Waals surface area contributed by atoms with Crippen LogP contribution in [0.5, 0.6) is 5.75 Å². The Hall–Kier alpha value is -3.36. The summed E-state index contributed by atoms with van der Waals surface area (Å²) in [6.07, 6.45) is 3.27. The molecule has 3 rings (SSSR count). The number of carbonyl (C=O) groups excluding carboxylic acids is 1. The average molecular weight is 359 g/mol. The quantitative estimate of drug-likeness (QED) is 0.700. The second-order valence-electron chi connectivity index (χ2n) is 5.67. The van der Waals surface area contributed by atoms with E-state index in [4.69, 9.17) is 9.26 Å². The highest BCUT2D eigenvalue weighted by atomic mass is 19.1. The summed E-state index contributed by atoms with van der Waals surface area (Å²) in [6.45, 7) is 0.218. The highest BCUT2D eigenvalue weighted by Gasteiger charge is 2.26. The van der Waals surface area contributed by atoms with Gasteiger partial charge in [-0.2, -0.15) is 0 Å². The van der Waals surface area contributed by atoms with E-state index in [1.54, 1.807) is 31.4 Å². The number of aromatic amines is 1. The summed E-state index contributed by atoms with van der Waals surface area (Å²) in [5, 5.41) is 6.74. The molecule has 2 aromatic heterocycles. The number of aromatic nitrogens is 3. The zero-order chi connectivity index (χ0) is 18.7. The number of H-pyrrole nitrogens is 1. The topological polar surface area (TPSA) is 96.3 Å². The Kier molecular flexibility index (Phi) is 4.87. The van der Waals surface area contributed by atoms with Gasteiger partial charge < -0.3 is 24.5 Å². The molecular weight excluding hydrogens is 341 g/mol. The monoisotopic (exact) mass is 359 g/mol. The van der Waals surface area contributed by atoms with E-state index in [2.05, 4.69) is 20.4 Å². The number of imidazole rings is 1. The van der Waals surface area contributed by atoms with E-state index in [9.17, 15) is 9.18 Å². The predicted molar refractivity (Wildman–Crippen MR) is 92.5 cm³/mol. The van der Waals surface area contributed by atoms with E-state index in [0.717, 1.165) is 0 Å². The van der Waals surface area contributed by atoms with Crippen LogP contribution in [-0.2, 0) is 6.54 Å². The molecule has 0 aliphatic rings. The molecule has 9 heteroatoms. The highest BCUT2D eigenvalue weighted by Crippen LogP contribution is 2.33. The molecular formula is C17H18FN5O3. The van der Waals surface area contributed by atoms with E-state index in [1.165, 1.54) is 25.3 Å². The van der Waals surface area contributed by atoms with Gasteiger partial charge in [-0.1, -0.05) is 5.16 Å². The Labute approximate surface area is 149 Å². The van der Waals surface area contributed by atoms with E-state index in [-0.39, 0.29) is 29.5 Å². The molecule has 2 N–H and O–H groups in total. The second-order valence-corrected chi connectivity index (χ2v) is 5.67. The van der Waals surface area contributed by atoms with Crippen LogP contribution in [0.1, 0.15) is 16.2 Å². The number of hydrogen-bond acceptors (Lipinski definition) is 6. The van der Waals surface area contributed by atoms with Crippen LogP contribution in [0.15, 0.2) is 35.1 Å². The molecule has 1 amide bonds. The standard InChI is InChI=1S/C17H18FN5O3/c1-23(2)16-14(17(24)21-9-13-19-6-7-20-13)15(26-22-16)10-4-5-11(18)12(8-10)25-3/h4-8H,9H2,1-3H3,(H,19,20)(H,21,24). The number of amides is 1. The maximum absolute atomic E-state index is 13.7. The fraction of sp³-hybridized carbons (Fsp3) is 0.235.